The Balaban J connectivity index is 0.000000810. The molecular weight excluding hydrogens is 140 g/mol. The molecule has 4 heteroatoms. The lowest BCUT2D eigenvalue weighted by Crippen LogP contribution is -1.91. The Hall–Kier alpha value is -1.32. The zero-order valence-electron chi connectivity index (χ0n) is 4.95. The van der Waals surface area contributed by atoms with Crippen LogP contribution < -0.4 is 0 Å². The molecule has 0 saturated carbocycles. The van der Waals surface area contributed by atoms with E-state index < -0.39 is 6.04 Å². The molecule has 0 bridgehead atoms. The van der Waals surface area contributed by atoms with Gasteiger partial charge < -0.3 is 0 Å². The minimum Gasteiger partial charge on any atom is -0.269 e. The van der Waals surface area contributed by atoms with Crippen LogP contribution in [0.4, 0.5) is 9.09 Å². The largest absolute Gasteiger partial charge is 0.350 e. The molecule has 0 saturated heterocycles. The average molecular weight is 145 g/mol. The number of nitrogens with zero attached hydrogens (tertiary/aromatic N) is 1. The molecule has 2 nitrogen and oxygen atoms in total. The van der Waals surface area contributed by atoms with E-state index in [9.17, 15) is 9.18 Å². The van der Waals surface area contributed by atoms with Crippen LogP contribution in [0.3, 0.4) is 0 Å². The van der Waals surface area contributed by atoms with Crippen molar-refractivity contribution < 1.29 is 13.9 Å². The van der Waals surface area contributed by atoms with Crippen LogP contribution in [0.25, 0.3) is 0 Å². The molecule has 1 heterocycles. The van der Waals surface area contributed by atoms with Crippen LogP contribution in [0.1, 0.15) is 10.5 Å². The van der Waals surface area contributed by atoms with Gasteiger partial charge in [-0.3, -0.25) is 14.5 Å². The molecule has 0 N–H and O–H groups in total. The summed E-state index contributed by atoms with van der Waals surface area (Å²) in [6, 6.07) is 3.00. The fourth-order valence-electron chi connectivity index (χ4n) is 0.479. The van der Waals surface area contributed by atoms with Crippen molar-refractivity contribution in [3.8, 4) is 0 Å². The first-order chi connectivity index (χ1) is 4.30. The highest BCUT2D eigenvalue weighted by atomic mass is 19.1. The number of hydrogen-bond donors (Lipinski definition) is 0. The Kier molecular flexibility index (Phi) is 3.17. The van der Waals surface area contributed by atoms with E-state index in [1.54, 1.807) is 12.1 Å². The van der Waals surface area contributed by atoms with Gasteiger partial charge in [-0.05, 0) is 12.1 Å². The number of halogens is 2. The lowest BCUT2D eigenvalue weighted by Gasteiger charge is -1.85. The second-order valence-electron chi connectivity index (χ2n) is 1.49. The second-order valence-corrected chi connectivity index (χ2v) is 1.49. The Morgan fingerprint density at radius 3 is 2.50 bits per heavy atom. The lowest BCUT2D eigenvalue weighted by atomic mass is 10.4. The molecule has 1 aromatic rings. The van der Waals surface area contributed by atoms with E-state index in [2.05, 4.69) is 4.98 Å². The van der Waals surface area contributed by atoms with Crippen molar-refractivity contribution in [1.29, 1.82) is 0 Å². The van der Waals surface area contributed by atoms with Crippen LogP contribution >= 0.6 is 0 Å². The number of rotatable bonds is 1. The molecule has 0 spiro atoms. The van der Waals surface area contributed by atoms with Crippen molar-refractivity contribution in [2.75, 3.05) is 0 Å². The topological polar surface area (TPSA) is 30.0 Å². The van der Waals surface area contributed by atoms with Gasteiger partial charge in [0.25, 0.3) is 0 Å². The molecule has 0 atom stereocenters. The Morgan fingerprint density at radius 2 is 2.20 bits per heavy atom. The average Bonchev–Trinajstić information content (AvgIpc) is 1.90. The van der Waals surface area contributed by atoms with Gasteiger partial charge in [0.1, 0.15) is 5.69 Å². The molecule has 0 amide bonds. The maximum absolute atomic E-state index is 11.7. The first-order valence-corrected chi connectivity index (χ1v) is 2.41. The summed E-state index contributed by atoms with van der Waals surface area (Å²) >= 11 is 0. The Bertz CT molecular complexity index is 212. The highest BCUT2D eigenvalue weighted by Gasteiger charge is 2.00. The minimum absolute atomic E-state index is 0. The maximum Gasteiger partial charge on any atom is 0.350 e. The molecule has 1 rings (SSSR count). The number of carbonyl (C=O) groups is 1. The summed E-state index contributed by atoms with van der Waals surface area (Å²) in [7, 11) is 0. The summed E-state index contributed by atoms with van der Waals surface area (Å²) in [6.45, 7) is 0. The maximum atomic E-state index is 11.7. The van der Waals surface area contributed by atoms with Crippen LogP contribution in [0.15, 0.2) is 24.4 Å². The van der Waals surface area contributed by atoms with E-state index in [0.29, 0.717) is 0 Å². The fraction of sp³-hybridized carbons (Fsp3) is 0. The fourth-order valence-corrected chi connectivity index (χ4v) is 0.479. The van der Waals surface area contributed by atoms with Crippen LogP contribution in [0.2, 0.25) is 0 Å². The quantitative estimate of drug-likeness (QED) is 0.558. The first-order valence-electron chi connectivity index (χ1n) is 2.41. The molecular formula is C6H5F2NO. The molecule has 0 aliphatic carbocycles. The number of aromatic nitrogens is 1. The minimum atomic E-state index is -1.49. The van der Waals surface area contributed by atoms with Gasteiger partial charge in [-0.25, -0.2) is 0 Å². The third-order valence-corrected chi connectivity index (χ3v) is 0.866. The highest BCUT2D eigenvalue weighted by Crippen LogP contribution is 1.94. The standard InChI is InChI=1S/C6H4FNO.FH/c7-6(9)5-3-1-2-4-8-5;/h1-4H;1H. The van der Waals surface area contributed by atoms with E-state index in [1.807, 2.05) is 0 Å². The van der Waals surface area contributed by atoms with Gasteiger partial charge >= 0.3 is 6.04 Å². The molecule has 0 aliphatic heterocycles. The molecule has 0 aromatic carbocycles. The van der Waals surface area contributed by atoms with E-state index in [1.165, 1.54) is 12.3 Å². The van der Waals surface area contributed by atoms with Gasteiger partial charge in [0.05, 0.1) is 0 Å². The summed E-state index contributed by atoms with van der Waals surface area (Å²) in [5.74, 6) is 0. The SMILES string of the molecule is F.O=C(F)c1ccccn1. The van der Waals surface area contributed by atoms with Gasteiger partial charge in [0.2, 0.25) is 0 Å². The third-order valence-electron chi connectivity index (χ3n) is 0.866. The van der Waals surface area contributed by atoms with Crippen molar-refractivity contribution in [1.82, 2.24) is 4.98 Å². The normalized spacial score (nSPS) is 8.10. The summed E-state index contributed by atoms with van der Waals surface area (Å²) in [6.07, 6.45) is 1.37. The molecule has 0 unspecified atom stereocenters. The molecule has 0 radical (unpaired) electrons. The molecule has 54 valence electrons. The van der Waals surface area contributed by atoms with E-state index in [0.717, 1.165) is 0 Å². The number of hydrogen-bond acceptors (Lipinski definition) is 2. The Labute approximate surface area is 56.1 Å². The predicted octanol–water partition coefficient (Wildman–Crippen LogP) is 1.34. The van der Waals surface area contributed by atoms with Crippen molar-refractivity contribution in [3.63, 3.8) is 0 Å². The van der Waals surface area contributed by atoms with Crippen LogP contribution in [-0.2, 0) is 0 Å². The summed E-state index contributed by atoms with van der Waals surface area (Å²) in [4.78, 5) is 13.4. The summed E-state index contributed by atoms with van der Waals surface area (Å²) < 4.78 is 11.7. The van der Waals surface area contributed by atoms with E-state index >= 15 is 0 Å². The van der Waals surface area contributed by atoms with Crippen LogP contribution in [-0.4, -0.2) is 11.0 Å². The monoisotopic (exact) mass is 145 g/mol. The Morgan fingerprint density at radius 1 is 1.50 bits per heavy atom. The zero-order chi connectivity index (χ0) is 6.69. The number of pyridine rings is 1. The number of carbonyl (C=O) groups excluding carboxylic acids is 1. The zero-order valence-corrected chi connectivity index (χ0v) is 4.95. The molecule has 0 aliphatic rings. The van der Waals surface area contributed by atoms with Crippen LogP contribution in [0, 0.1) is 0 Å². The first kappa shape index (κ1) is 8.68. The molecule has 10 heavy (non-hydrogen) atoms. The second kappa shape index (κ2) is 3.66. The summed E-state index contributed by atoms with van der Waals surface area (Å²) in [5.41, 5.74) is -0.141. The van der Waals surface area contributed by atoms with Gasteiger partial charge in [0.15, 0.2) is 0 Å². The highest BCUT2D eigenvalue weighted by molar-refractivity contribution is 5.85. The van der Waals surface area contributed by atoms with Gasteiger partial charge in [-0.1, -0.05) is 6.07 Å². The van der Waals surface area contributed by atoms with E-state index in [-0.39, 0.29) is 10.4 Å². The smallest absolute Gasteiger partial charge is 0.269 e. The predicted molar refractivity (Wildman–Crippen MR) is 32.2 cm³/mol. The van der Waals surface area contributed by atoms with E-state index in [4.69, 9.17) is 0 Å². The van der Waals surface area contributed by atoms with Gasteiger partial charge in [-0.2, -0.15) is 4.39 Å². The molecule has 1 aromatic heterocycles. The lowest BCUT2D eigenvalue weighted by molar-refractivity contribution is 0.0830. The third kappa shape index (κ3) is 1.89. The van der Waals surface area contributed by atoms with Crippen molar-refractivity contribution in [2.24, 2.45) is 0 Å². The van der Waals surface area contributed by atoms with Gasteiger partial charge in [0, 0.05) is 6.20 Å². The molecule has 0 fully saturated rings. The summed E-state index contributed by atoms with van der Waals surface area (Å²) in [5, 5.41) is 0. The van der Waals surface area contributed by atoms with Crippen molar-refractivity contribution in [3.05, 3.63) is 30.1 Å². The van der Waals surface area contributed by atoms with Crippen molar-refractivity contribution in [2.45, 2.75) is 0 Å². The van der Waals surface area contributed by atoms with Crippen molar-refractivity contribution >= 4 is 6.04 Å². The van der Waals surface area contributed by atoms with Gasteiger partial charge in [-0.15, -0.1) is 0 Å². The van der Waals surface area contributed by atoms with Crippen LogP contribution in [0.5, 0.6) is 0 Å².